The molecule has 0 spiro atoms. The summed E-state index contributed by atoms with van der Waals surface area (Å²) in [6.45, 7) is 1.21. The normalized spacial score (nSPS) is 20.0. The van der Waals surface area contributed by atoms with Gasteiger partial charge in [-0.25, -0.2) is 13.6 Å². The highest BCUT2D eigenvalue weighted by Crippen LogP contribution is 2.54. The number of rotatable bonds is 5. The maximum Gasteiger partial charge on any atom is 0.341 e. The monoisotopic (exact) mass is 471 g/mol. The molecule has 1 atom stereocenters. The van der Waals surface area contributed by atoms with E-state index < -0.39 is 34.1 Å². The van der Waals surface area contributed by atoms with Gasteiger partial charge in [0.1, 0.15) is 11.4 Å². The number of aromatic amines is 1. The minimum Gasteiger partial charge on any atom is -0.477 e. The van der Waals surface area contributed by atoms with E-state index in [9.17, 15) is 9.59 Å². The number of hydrogen-bond acceptors (Lipinski definition) is 4. The van der Waals surface area contributed by atoms with Crippen molar-refractivity contribution in [3.63, 3.8) is 0 Å². The molecule has 1 saturated carbocycles. The predicted octanol–water partition coefficient (Wildman–Crippen LogP) is 4.34. The van der Waals surface area contributed by atoms with E-state index in [0.717, 1.165) is 24.2 Å². The van der Waals surface area contributed by atoms with Crippen molar-refractivity contribution < 1.29 is 18.7 Å². The first-order valence-corrected chi connectivity index (χ1v) is 11.0. The van der Waals surface area contributed by atoms with Crippen LogP contribution in [0, 0.1) is 11.6 Å². The van der Waals surface area contributed by atoms with Crippen LogP contribution in [-0.2, 0) is 5.54 Å². The molecule has 170 valence electrons. The summed E-state index contributed by atoms with van der Waals surface area (Å²) in [5, 5.41) is 9.46. The lowest BCUT2D eigenvalue weighted by Crippen LogP contribution is -2.35. The van der Waals surface area contributed by atoms with E-state index in [1.165, 1.54) is 0 Å². The first-order chi connectivity index (χ1) is 15.8. The quantitative estimate of drug-likeness (QED) is 0.542. The van der Waals surface area contributed by atoms with Crippen LogP contribution in [0.4, 0.5) is 8.78 Å². The summed E-state index contributed by atoms with van der Waals surface area (Å²) in [7, 11) is 0. The number of likely N-dealkylation sites (tertiary alicyclic amines) is 1. The number of halogens is 3. The third-order valence-electron chi connectivity index (χ3n) is 6.56. The number of H-pyrrole nitrogens is 1. The molecule has 9 heteroatoms. The average Bonchev–Trinajstić information content (AvgIpc) is 3.42. The molecule has 2 aromatic carbocycles. The predicted molar refractivity (Wildman–Crippen MR) is 121 cm³/mol. The van der Waals surface area contributed by atoms with Crippen molar-refractivity contribution in [2.24, 2.45) is 4.99 Å². The number of carboxylic acid groups (broad SMARTS) is 1. The molecule has 2 heterocycles. The third-order valence-corrected chi connectivity index (χ3v) is 6.81. The van der Waals surface area contributed by atoms with Gasteiger partial charge in [-0.05, 0) is 43.0 Å². The first kappa shape index (κ1) is 21.7. The van der Waals surface area contributed by atoms with Crippen LogP contribution >= 0.6 is 11.6 Å². The van der Waals surface area contributed by atoms with Gasteiger partial charge in [0.25, 0.3) is 0 Å². The van der Waals surface area contributed by atoms with Crippen LogP contribution in [0.25, 0.3) is 10.9 Å². The van der Waals surface area contributed by atoms with Crippen molar-refractivity contribution in [1.82, 2.24) is 9.88 Å². The van der Waals surface area contributed by atoms with E-state index >= 15 is 8.78 Å². The largest absolute Gasteiger partial charge is 0.477 e. The summed E-state index contributed by atoms with van der Waals surface area (Å²) >= 11 is 5.91. The molecule has 0 radical (unpaired) electrons. The van der Waals surface area contributed by atoms with Crippen LogP contribution in [0.1, 0.15) is 40.7 Å². The van der Waals surface area contributed by atoms with E-state index in [4.69, 9.17) is 16.7 Å². The molecule has 0 amide bonds. The number of benzene rings is 2. The zero-order valence-electron chi connectivity index (χ0n) is 17.4. The third kappa shape index (κ3) is 3.73. The lowest BCUT2D eigenvalue weighted by Gasteiger charge is -2.29. The van der Waals surface area contributed by atoms with Gasteiger partial charge in [0.05, 0.1) is 22.5 Å². The number of hydrogen-bond donors (Lipinski definition) is 2. The van der Waals surface area contributed by atoms with Gasteiger partial charge in [-0.1, -0.05) is 23.7 Å². The number of pyridine rings is 1. The van der Waals surface area contributed by atoms with E-state index in [0.29, 0.717) is 31.0 Å². The molecule has 2 aliphatic rings. The molecule has 2 fully saturated rings. The van der Waals surface area contributed by atoms with Gasteiger partial charge in [-0.15, -0.1) is 0 Å². The molecular formula is C24H20ClF2N3O3. The zero-order chi connectivity index (χ0) is 23.3. The lowest BCUT2D eigenvalue weighted by atomic mass is 9.98. The summed E-state index contributed by atoms with van der Waals surface area (Å²) in [5.74, 6) is -3.13. The van der Waals surface area contributed by atoms with E-state index in [1.807, 2.05) is 12.1 Å². The Bertz CT molecular complexity index is 1350. The standard InChI is InChI=1S/C24H20ClF2N3O3/c25-14-3-1-13(2-4-14)10-28-15-5-8-30(12-15)24(6-7-24)19-18(26)9-16-21(20(19)27)29-11-17(22(16)31)23(32)33/h1-4,9-11,15H,5-8,12H2,(H,29,31)(H,32,33). The van der Waals surface area contributed by atoms with Crippen molar-refractivity contribution in [3.8, 4) is 0 Å². The van der Waals surface area contributed by atoms with Crippen LogP contribution in [-0.4, -0.2) is 46.3 Å². The Morgan fingerprint density at radius 3 is 2.67 bits per heavy atom. The second kappa shape index (κ2) is 8.04. The minimum atomic E-state index is -1.45. The number of aromatic nitrogens is 1. The zero-order valence-corrected chi connectivity index (χ0v) is 18.2. The first-order valence-electron chi connectivity index (χ1n) is 10.6. The number of aliphatic imine (C=N–C) groups is 1. The van der Waals surface area contributed by atoms with Gasteiger partial charge in [0, 0.05) is 36.1 Å². The summed E-state index contributed by atoms with van der Waals surface area (Å²) < 4.78 is 30.7. The highest BCUT2D eigenvalue weighted by atomic mass is 35.5. The molecule has 3 aromatic rings. The maximum absolute atomic E-state index is 15.5. The Morgan fingerprint density at radius 1 is 1.27 bits per heavy atom. The Labute approximate surface area is 192 Å². The van der Waals surface area contributed by atoms with Gasteiger partial charge >= 0.3 is 5.97 Å². The molecule has 1 aliphatic heterocycles. The fraction of sp³-hybridized carbons (Fsp3) is 0.292. The average molecular weight is 472 g/mol. The van der Waals surface area contributed by atoms with Gasteiger partial charge in [0.2, 0.25) is 5.43 Å². The Hall–Kier alpha value is -3.10. The van der Waals surface area contributed by atoms with Crippen molar-refractivity contribution >= 4 is 34.7 Å². The topological polar surface area (TPSA) is 85.8 Å². The molecule has 5 rings (SSSR count). The summed E-state index contributed by atoms with van der Waals surface area (Å²) in [5.41, 5.74) is -1.58. The maximum atomic E-state index is 15.5. The fourth-order valence-electron chi connectivity index (χ4n) is 4.72. The SMILES string of the molecule is O=C(O)c1c[nH]c2c(F)c(C3(N4CCC(N=Cc5ccc(Cl)cc5)C4)CC3)c(F)cc2c1=O. The second-order valence-electron chi connectivity index (χ2n) is 8.56. The van der Waals surface area contributed by atoms with Crippen molar-refractivity contribution in [2.45, 2.75) is 30.8 Å². The fourth-order valence-corrected chi connectivity index (χ4v) is 4.84. The second-order valence-corrected chi connectivity index (χ2v) is 8.99. The number of aromatic carboxylic acids is 1. The van der Waals surface area contributed by atoms with Crippen LogP contribution in [0.2, 0.25) is 5.02 Å². The lowest BCUT2D eigenvalue weighted by molar-refractivity contribution is 0.0695. The van der Waals surface area contributed by atoms with E-state index in [1.54, 1.807) is 18.3 Å². The number of nitrogens with zero attached hydrogens (tertiary/aromatic N) is 2. The molecule has 0 bridgehead atoms. The summed E-state index contributed by atoms with van der Waals surface area (Å²) in [4.78, 5) is 32.8. The molecule has 1 saturated heterocycles. The van der Waals surface area contributed by atoms with E-state index in [-0.39, 0.29) is 22.5 Å². The summed E-state index contributed by atoms with van der Waals surface area (Å²) in [6, 6.07) is 8.28. The van der Waals surface area contributed by atoms with Crippen LogP contribution in [0.5, 0.6) is 0 Å². The molecule has 1 aromatic heterocycles. The van der Waals surface area contributed by atoms with Gasteiger partial charge in [-0.2, -0.15) is 0 Å². The molecule has 33 heavy (non-hydrogen) atoms. The van der Waals surface area contributed by atoms with Crippen LogP contribution < -0.4 is 5.43 Å². The minimum absolute atomic E-state index is 0.00247. The number of carbonyl (C=O) groups is 1. The Kier molecular flexibility index (Phi) is 5.29. The van der Waals surface area contributed by atoms with E-state index in [2.05, 4.69) is 14.9 Å². The number of fused-ring (bicyclic) bond motifs is 1. The molecule has 6 nitrogen and oxygen atoms in total. The van der Waals surface area contributed by atoms with Crippen LogP contribution in [0.3, 0.4) is 0 Å². The number of nitrogens with one attached hydrogen (secondary N) is 1. The van der Waals surface area contributed by atoms with Crippen molar-refractivity contribution in [3.05, 3.63) is 80.1 Å². The van der Waals surface area contributed by atoms with Gasteiger partial charge in [-0.3, -0.25) is 14.7 Å². The van der Waals surface area contributed by atoms with Crippen LogP contribution in [0.15, 0.2) is 46.3 Å². The Balaban J connectivity index is 1.44. The van der Waals surface area contributed by atoms with Crippen molar-refractivity contribution in [1.29, 1.82) is 0 Å². The molecule has 2 N–H and O–H groups in total. The van der Waals surface area contributed by atoms with Crippen molar-refractivity contribution in [2.75, 3.05) is 13.1 Å². The molecule has 1 aliphatic carbocycles. The Morgan fingerprint density at radius 2 is 2.00 bits per heavy atom. The smallest absolute Gasteiger partial charge is 0.341 e. The molecule has 1 unspecified atom stereocenters. The summed E-state index contributed by atoms with van der Waals surface area (Å²) in [6.07, 6.45) is 4.69. The molecular weight excluding hydrogens is 452 g/mol. The van der Waals surface area contributed by atoms with Gasteiger partial charge < -0.3 is 10.1 Å². The number of carboxylic acids is 1. The van der Waals surface area contributed by atoms with Gasteiger partial charge in [0.15, 0.2) is 5.82 Å². The highest BCUT2D eigenvalue weighted by Gasteiger charge is 2.54. The highest BCUT2D eigenvalue weighted by molar-refractivity contribution is 6.30.